The Balaban J connectivity index is 1.68. The molecule has 0 radical (unpaired) electrons. The molecular formula is C15H19N5O2. The molecule has 1 aliphatic carbocycles. The second kappa shape index (κ2) is 6.57. The highest BCUT2D eigenvalue weighted by Gasteiger charge is 2.25. The normalized spacial score (nSPS) is 16.9. The van der Waals surface area contributed by atoms with Crippen molar-refractivity contribution in [3.8, 4) is 0 Å². The molecule has 7 heteroatoms. The van der Waals surface area contributed by atoms with Crippen molar-refractivity contribution in [2.45, 2.75) is 31.8 Å². The highest BCUT2D eigenvalue weighted by atomic mass is 16.3. The average Bonchev–Trinajstić information content (AvgIpc) is 2.93. The van der Waals surface area contributed by atoms with Crippen LogP contribution in [0.1, 0.15) is 30.1 Å². The number of rotatable bonds is 4. The van der Waals surface area contributed by atoms with Gasteiger partial charge < -0.3 is 10.4 Å². The molecule has 2 aromatic rings. The molecule has 3 rings (SSSR count). The van der Waals surface area contributed by atoms with E-state index >= 15 is 0 Å². The summed E-state index contributed by atoms with van der Waals surface area (Å²) >= 11 is 0. The van der Waals surface area contributed by atoms with Crippen LogP contribution < -0.4 is 10.6 Å². The maximum absolute atomic E-state index is 12.1. The topological polar surface area (TPSA) is 92.1 Å². The quantitative estimate of drug-likeness (QED) is 0.797. The Morgan fingerprint density at radius 2 is 2.36 bits per heavy atom. The summed E-state index contributed by atoms with van der Waals surface area (Å²) in [4.78, 5) is 16.2. The van der Waals surface area contributed by atoms with Gasteiger partial charge in [0.2, 0.25) is 0 Å². The lowest BCUT2D eigenvalue weighted by Gasteiger charge is -2.24. The summed E-state index contributed by atoms with van der Waals surface area (Å²) in [6.45, 7) is 0.550. The number of pyridine rings is 1. The van der Waals surface area contributed by atoms with Crippen molar-refractivity contribution in [1.29, 1.82) is 0 Å². The van der Waals surface area contributed by atoms with Gasteiger partial charge in [-0.25, -0.2) is 9.78 Å². The Labute approximate surface area is 128 Å². The molecule has 3 N–H and O–H groups in total. The second-order valence-corrected chi connectivity index (χ2v) is 5.25. The molecule has 0 fully saturated rings. The van der Waals surface area contributed by atoms with E-state index in [-0.39, 0.29) is 18.7 Å². The Kier molecular flexibility index (Phi) is 4.34. The first kappa shape index (κ1) is 14.5. The van der Waals surface area contributed by atoms with Gasteiger partial charge in [0, 0.05) is 17.5 Å². The van der Waals surface area contributed by atoms with E-state index in [4.69, 9.17) is 5.11 Å². The van der Waals surface area contributed by atoms with Crippen molar-refractivity contribution < 1.29 is 9.90 Å². The van der Waals surface area contributed by atoms with Crippen molar-refractivity contribution in [2.75, 3.05) is 11.9 Å². The summed E-state index contributed by atoms with van der Waals surface area (Å²) in [7, 11) is 0. The molecule has 1 unspecified atom stereocenters. The fraction of sp³-hybridized carbons (Fsp3) is 0.400. The van der Waals surface area contributed by atoms with Crippen LogP contribution in [0.4, 0.5) is 10.6 Å². The summed E-state index contributed by atoms with van der Waals surface area (Å²) in [6, 6.07) is 5.03. The largest absolute Gasteiger partial charge is 0.394 e. The zero-order chi connectivity index (χ0) is 15.4. The number of amides is 2. The number of aliphatic hydroxyl groups is 1. The number of nitrogens with one attached hydrogen (secondary N) is 2. The Morgan fingerprint density at radius 3 is 3.14 bits per heavy atom. The van der Waals surface area contributed by atoms with Crippen molar-refractivity contribution in [3.63, 3.8) is 0 Å². The van der Waals surface area contributed by atoms with E-state index in [1.165, 1.54) is 0 Å². The lowest BCUT2D eigenvalue weighted by atomic mass is 9.93. The number of hydrogen-bond acceptors (Lipinski definition) is 4. The minimum absolute atomic E-state index is 0.0556. The van der Waals surface area contributed by atoms with Crippen LogP contribution >= 0.6 is 0 Å². The molecular weight excluding hydrogens is 282 g/mol. The number of fused-ring (bicyclic) bond motifs is 1. The highest BCUT2D eigenvalue weighted by Crippen LogP contribution is 2.29. The van der Waals surface area contributed by atoms with Gasteiger partial charge in [-0.15, -0.1) is 0 Å². The summed E-state index contributed by atoms with van der Waals surface area (Å²) < 4.78 is 1.82. The van der Waals surface area contributed by atoms with Gasteiger partial charge in [0.1, 0.15) is 5.82 Å². The fourth-order valence-electron chi connectivity index (χ4n) is 2.80. The number of nitrogens with zero attached hydrogens (tertiary/aromatic N) is 3. The van der Waals surface area contributed by atoms with E-state index in [1.54, 1.807) is 24.5 Å². The van der Waals surface area contributed by atoms with Crippen LogP contribution in [0.25, 0.3) is 0 Å². The van der Waals surface area contributed by atoms with Crippen LogP contribution in [-0.2, 0) is 13.0 Å². The predicted octanol–water partition coefficient (Wildman–Crippen LogP) is 1.47. The maximum atomic E-state index is 12.1. The van der Waals surface area contributed by atoms with E-state index in [2.05, 4.69) is 20.7 Å². The van der Waals surface area contributed by atoms with E-state index in [1.807, 2.05) is 10.7 Å². The van der Waals surface area contributed by atoms with Crippen LogP contribution in [0.15, 0.2) is 30.6 Å². The first-order valence-electron chi connectivity index (χ1n) is 7.42. The van der Waals surface area contributed by atoms with Gasteiger partial charge in [-0.05, 0) is 31.4 Å². The summed E-state index contributed by atoms with van der Waals surface area (Å²) in [5.41, 5.74) is 2.14. The SMILES string of the molecule is O=C(Nc1ccccn1)NC1CCCc2c1cnn2CCO. The predicted molar refractivity (Wildman–Crippen MR) is 81.4 cm³/mol. The first-order valence-corrected chi connectivity index (χ1v) is 7.42. The van der Waals surface area contributed by atoms with Crippen LogP contribution in [0.5, 0.6) is 0 Å². The molecule has 116 valence electrons. The highest BCUT2D eigenvalue weighted by molar-refractivity contribution is 5.88. The number of aliphatic hydroxyl groups excluding tert-OH is 1. The van der Waals surface area contributed by atoms with Crippen molar-refractivity contribution in [2.24, 2.45) is 0 Å². The van der Waals surface area contributed by atoms with Gasteiger partial charge in [-0.3, -0.25) is 10.00 Å². The zero-order valence-corrected chi connectivity index (χ0v) is 12.2. The molecule has 22 heavy (non-hydrogen) atoms. The molecule has 2 amide bonds. The molecule has 1 atom stereocenters. The monoisotopic (exact) mass is 301 g/mol. The Morgan fingerprint density at radius 1 is 1.45 bits per heavy atom. The smallest absolute Gasteiger partial charge is 0.320 e. The van der Waals surface area contributed by atoms with Crippen molar-refractivity contribution >= 4 is 11.8 Å². The van der Waals surface area contributed by atoms with Crippen LogP contribution in [0.3, 0.4) is 0 Å². The van der Waals surface area contributed by atoms with Gasteiger partial charge in [-0.2, -0.15) is 5.10 Å². The molecule has 0 bridgehead atoms. The molecule has 0 spiro atoms. The van der Waals surface area contributed by atoms with Gasteiger partial charge in [0.05, 0.1) is 25.4 Å². The number of carbonyl (C=O) groups is 1. The summed E-state index contributed by atoms with van der Waals surface area (Å²) in [5.74, 6) is 0.520. The van der Waals surface area contributed by atoms with E-state index < -0.39 is 0 Å². The van der Waals surface area contributed by atoms with Gasteiger partial charge in [0.25, 0.3) is 0 Å². The van der Waals surface area contributed by atoms with E-state index in [0.29, 0.717) is 12.4 Å². The molecule has 2 heterocycles. The lowest BCUT2D eigenvalue weighted by Crippen LogP contribution is -2.34. The zero-order valence-electron chi connectivity index (χ0n) is 12.2. The fourth-order valence-corrected chi connectivity index (χ4v) is 2.80. The number of carbonyl (C=O) groups excluding carboxylic acids is 1. The molecule has 2 aromatic heterocycles. The minimum Gasteiger partial charge on any atom is -0.394 e. The number of anilines is 1. The first-order chi connectivity index (χ1) is 10.8. The summed E-state index contributed by atoms with van der Waals surface area (Å²) in [5, 5.41) is 19.1. The molecule has 1 aliphatic rings. The molecule has 0 aliphatic heterocycles. The molecule has 0 saturated heterocycles. The molecule has 0 saturated carbocycles. The second-order valence-electron chi connectivity index (χ2n) is 5.25. The number of hydrogen-bond donors (Lipinski definition) is 3. The molecule has 0 aromatic carbocycles. The summed E-state index contributed by atoms with van der Waals surface area (Å²) in [6.07, 6.45) is 6.21. The third kappa shape index (κ3) is 3.09. The van der Waals surface area contributed by atoms with Gasteiger partial charge in [0.15, 0.2) is 0 Å². The van der Waals surface area contributed by atoms with Crippen molar-refractivity contribution in [3.05, 3.63) is 41.9 Å². The lowest BCUT2D eigenvalue weighted by molar-refractivity contribution is 0.246. The minimum atomic E-state index is -0.272. The standard InChI is InChI=1S/C15H19N5O2/c21-9-8-20-13-5-3-4-12(11(13)10-17-20)18-15(22)19-14-6-1-2-7-16-14/h1-2,6-7,10,12,21H,3-5,8-9H2,(H2,16,18,19,22). The van der Waals surface area contributed by atoms with Crippen LogP contribution in [0, 0.1) is 0 Å². The average molecular weight is 301 g/mol. The third-order valence-corrected chi connectivity index (χ3v) is 3.79. The number of urea groups is 1. The van der Waals surface area contributed by atoms with Crippen LogP contribution in [-0.4, -0.2) is 32.5 Å². The van der Waals surface area contributed by atoms with E-state index in [0.717, 1.165) is 30.5 Å². The van der Waals surface area contributed by atoms with Gasteiger partial charge >= 0.3 is 6.03 Å². The third-order valence-electron chi connectivity index (χ3n) is 3.79. The Bertz CT molecular complexity index is 641. The van der Waals surface area contributed by atoms with Gasteiger partial charge in [-0.1, -0.05) is 6.07 Å². The molecule has 7 nitrogen and oxygen atoms in total. The number of aromatic nitrogens is 3. The van der Waals surface area contributed by atoms with Crippen molar-refractivity contribution in [1.82, 2.24) is 20.1 Å². The van der Waals surface area contributed by atoms with E-state index in [9.17, 15) is 4.79 Å². The van der Waals surface area contributed by atoms with Crippen LogP contribution in [0.2, 0.25) is 0 Å². The Hall–Kier alpha value is -2.41. The maximum Gasteiger partial charge on any atom is 0.320 e.